The van der Waals surface area contributed by atoms with Gasteiger partial charge in [-0.2, -0.15) is 0 Å². The lowest BCUT2D eigenvalue weighted by Crippen LogP contribution is -2.45. The summed E-state index contributed by atoms with van der Waals surface area (Å²) in [6, 6.07) is 14.0. The molecule has 0 aliphatic carbocycles. The van der Waals surface area contributed by atoms with Gasteiger partial charge in [0.2, 0.25) is 0 Å². The Bertz CT molecular complexity index is 1310. The van der Waals surface area contributed by atoms with Crippen LogP contribution < -0.4 is 10.5 Å². The van der Waals surface area contributed by atoms with Crippen molar-refractivity contribution >= 4 is 16.5 Å². The molecule has 2 unspecified atom stereocenters. The molecule has 0 N–H and O–H groups in total. The maximum Gasteiger partial charge on any atom is 0.262 e. The molecule has 6 heteroatoms. The molecule has 0 radical (unpaired) electrons. The number of benzene rings is 2. The lowest BCUT2D eigenvalue weighted by atomic mass is 9.98. The minimum atomic E-state index is -0.0364. The number of hydrogen-bond acceptors (Lipinski definition) is 5. The Morgan fingerprint density at radius 2 is 1.59 bits per heavy atom. The van der Waals surface area contributed by atoms with Crippen molar-refractivity contribution in [2.75, 3.05) is 18.0 Å². The zero-order valence-corrected chi connectivity index (χ0v) is 18.5. The number of rotatable bonds is 3. The summed E-state index contributed by atoms with van der Waals surface area (Å²) >= 11 is 0. The number of pyridine rings is 1. The molecular formula is C26H26N4O2. The number of ether oxygens (including phenoxy) is 1. The predicted octanol–water partition coefficient (Wildman–Crippen LogP) is 4.37. The quantitative estimate of drug-likeness (QED) is 0.487. The molecule has 3 heterocycles. The molecule has 0 amide bonds. The standard InChI is InChI=1S/C26H26N4O2/c1-17-13-30(22-9-7-21(8-10-22)29-14-18(2)32-19(3)15-29)26(31)24-6-4-5-23(25(17)24)20-11-27-16-28-12-20/h4-13,16,18-19H,14-15H2,1-3H3. The van der Waals surface area contributed by atoms with Gasteiger partial charge in [0.1, 0.15) is 6.33 Å². The summed E-state index contributed by atoms with van der Waals surface area (Å²) in [5, 5.41) is 1.63. The smallest absolute Gasteiger partial charge is 0.262 e. The van der Waals surface area contributed by atoms with Crippen molar-refractivity contribution < 1.29 is 4.74 Å². The topological polar surface area (TPSA) is 60.2 Å². The third-order valence-electron chi connectivity index (χ3n) is 6.01. The number of anilines is 1. The lowest BCUT2D eigenvalue weighted by molar-refractivity contribution is -0.00521. The first-order valence-corrected chi connectivity index (χ1v) is 10.9. The van der Waals surface area contributed by atoms with Gasteiger partial charge in [-0.3, -0.25) is 9.36 Å². The van der Waals surface area contributed by atoms with Crippen molar-refractivity contribution in [3.8, 4) is 16.8 Å². The minimum Gasteiger partial charge on any atom is -0.372 e. The Morgan fingerprint density at radius 1 is 0.938 bits per heavy atom. The Kier molecular flexibility index (Phi) is 5.23. The van der Waals surface area contributed by atoms with Gasteiger partial charge in [0, 0.05) is 54.0 Å². The van der Waals surface area contributed by atoms with Gasteiger partial charge in [0.25, 0.3) is 5.56 Å². The van der Waals surface area contributed by atoms with Crippen LogP contribution >= 0.6 is 0 Å². The molecule has 0 spiro atoms. The van der Waals surface area contributed by atoms with Crippen LogP contribution in [0.15, 0.2) is 72.2 Å². The summed E-state index contributed by atoms with van der Waals surface area (Å²) in [5.41, 5.74) is 4.86. The van der Waals surface area contributed by atoms with Crippen LogP contribution in [0.3, 0.4) is 0 Å². The summed E-state index contributed by atoms with van der Waals surface area (Å²) in [6.07, 6.45) is 7.39. The second-order valence-electron chi connectivity index (χ2n) is 8.52. The largest absolute Gasteiger partial charge is 0.372 e. The maximum absolute atomic E-state index is 13.4. The predicted molar refractivity (Wildman–Crippen MR) is 128 cm³/mol. The Balaban J connectivity index is 1.56. The highest BCUT2D eigenvalue weighted by atomic mass is 16.5. The number of hydrogen-bond donors (Lipinski definition) is 0. The zero-order valence-electron chi connectivity index (χ0n) is 18.5. The van der Waals surface area contributed by atoms with Crippen LogP contribution in [0, 0.1) is 6.92 Å². The normalized spacial score (nSPS) is 18.8. The summed E-state index contributed by atoms with van der Waals surface area (Å²) in [4.78, 5) is 24.1. The molecule has 0 bridgehead atoms. The first-order valence-electron chi connectivity index (χ1n) is 10.9. The molecule has 0 saturated carbocycles. The number of morpholine rings is 1. The molecule has 4 aromatic rings. The van der Waals surface area contributed by atoms with Crippen molar-refractivity contribution in [3.05, 3.63) is 83.3 Å². The van der Waals surface area contributed by atoms with Crippen LogP contribution in [0.25, 0.3) is 27.6 Å². The van der Waals surface area contributed by atoms with Crippen LogP contribution in [0.5, 0.6) is 0 Å². The molecule has 1 fully saturated rings. The van der Waals surface area contributed by atoms with E-state index in [1.54, 1.807) is 17.0 Å². The number of aryl methyl sites for hydroxylation is 1. The fourth-order valence-corrected chi connectivity index (χ4v) is 4.69. The van der Waals surface area contributed by atoms with Crippen LogP contribution in [0.4, 0.5) is 5.69 Å². The molecule has 6 nitrogen and oxygen atoms in total. The first-order chi connectivity index (χ1) is 15.5. The van der Waals surface area contributed by atoms with Gasteiger partial charge in [-0.05, 0) is 67.6 Å². The van der Waals surface area contributed by atoms with E-state index in [4.69, 9.17) is 4.74 Å². The monoisotopic (exact) mass is 426 g/mol. The van der Waals surface area contributed by atoms with Crippen LogP contribution in [0.1, 0.15) is 19.4 Å². The third kappa shape index (κ3) is 3.67. The summed E-state index contributed by atoms with van der Waals surface area (Å²) < 4.78 is 7.58. The molecule has 1 aliphatic rings. The molecule has 2 aromatic carbocycles. The number of aromatic nitrogens is 3. The van der Waals surface area contributed by atoms with Gasteiger partial charge in [0.15, 0.2) is 0 Å². The average molecular weight is 427 g/mol. The average Bonchev–Trinajstić information content (AvgIpc) is 2.81. The van der Waals surface area contributed by atoms with Gasteiger partial charge in [-0.25, -0.2) is 9.97 Å². The second kappa shape index (κ2) is 8.20. The molecule has 2 atom stereocenters. The molecule has 1 saturated heterocycles. The molecule has 162 valence electrons. The van der Waals surface area contributed by atoms with Crippen LogP contribution in [0.2, 0.25) is 0 Å². The van der Waals surface area contributed by atoms with Crippen LogP contribution in [-0.2, 0) is 4.74 Å². The molecule has 2 aromatic heterocycles. The SMILES string of the molecule is Cc1cn(-c2ccc(N3CC(C)OC(C)C3)cc2)c(=O)c2cccc(-c3cncnc3)c12. The van der Waals surface area contributed by atoms with Gasteiger partial charge in [-0.1, -0.05) is 12.1 Å². The highest BCUT2D eigenvalue weighted by Crippen LogP contribution is 2.29. The van der Waals surface area contributed by atoms with E-state index in [0.29, 0.717) is 5.39 Å². The van der Waals surface area contributed by atoms with Crippen molar-refractivity contribution in [2.24, 2.45) is 0 Å². The van der Waals surface area contributed by atoms with Crippen molar-refractivity contribution in [2.45, 2.75) is 33.0 Å². The van der Waals surface area contributed by atoms with Crippen molar-refractivity contribution in [1.82, 2.24) is 14.5 Å². The molecule has 32 heavy (non-hydrogen) atoms. The lowest BCUT2D eigenvalue weighted by Gasteiger charge is -2.36. The first kappa shape index (κ1) is 20.4. The zero-order chi connectivity index (χ0) is 22.2. The van der Waals surface area contributed by atoms with Gasteiger partial charge in [-0.15, -0.1) is 0 Å². The molecule has 1 aliphatic heterocycles. The number of fused-ring (bicyclic) bond motifs is 1. The van der Waals surface area contributed by atoms with E-state index in [2.05, 4.69) is 40.8 Å². The fourth-order valence-electron chi connectivity index (χ4n) is 4.69. The Morgan fingerprint density at radius 3 is 2.28 bits per heavy atom. The van der Waals surface area contributed by atoms with E-state index >= 15 is 0 Å². The van der Waals surface area contributed by atoms with Gasteiger partial charge < -0.3 is 9.64 Å². The van der Waals surface area contributed by atoms with Crippen LogP contribution in [-0.4, -0.2) is 39.8 Å². The molecule has 5 rings (SSSR count). The summed E-state index contributed by atoms with van der Waals surface area (Å²) in [5.74, 6) is 0. The summed E-state index contributed by atoms with van der Waals surface area (Å²) in [7, 11) is 0. The van der Waals surface area contributed by atoms with E-state index in [-0.39, 0.29) is 17.8 Å². The van der Waals surface area contributed by atoms with Gasteiger partial charge in [0.05, 0.1) is 12.2 Å². The fraction of sp³-hybridized carbons (Fsp3) is 0.269. The van der Waals surface area contributed by atoms with Crippen molar-refractivity contribution in [3.63, 3.8) is 0 Å². The maximum atomic E-state index is 13.4. The van der Waals surface area contributed by atoms with E-state index in [1.807, 2.05) is 43.5 Å². The Labute approximate surface area is 187 Å². The van der Waals surface area contributed by atoms with Crippen molar-refractivity contribution in [1.29, 1.82) is 0 Å². The molecular weight excluding hydrogens is 400 g/mol. The van der Waals surface area contributed by atoms with E-state index in [0.717, 1.165) is 46.5 Å². The van der Waals surface area contributed by atoms with E-state index in [1.165, 1.54) is 6.33 Å². The van der Waals surface area contributed by atoms with Gasteiger partial charge >= 0.3 is 0 Å². The van der Waals surface area contributed by atoms with E-state index < -0.39 is 0 Å². The highest BCUT2D eigenvalue weighted by molar-refractivity contribution is 5.98. The summed E-state index contributed by atoms with van der Waals surface area (Å²) in [6.45, 7) is 7.97. The minimum absolute atomic E-state index is 0.0364. The Hall–Kier alpha value is -3.51. The third-order valence-corrected chi connectivity index (χ3v) is 6.01. The van der Waals surface area contributed by atoms with E-state index in [9.17, 15) is 4.79 Å². The number of nitrogens with zero attached hydrogens (tertiary/aromatic N) is 4. The highest BCUT2D eigenvalue weighted by Gasteiger charge is 2.22. The second-order valence-corrected chi connectivity index (χ2v) is 8.52.